The van der Waals surface area contributed by atoms with Crippen LogP contribution in [0, 0.1) is 5.92 Å². The molecule has 3 fully saturated rings. The molecule has 0 saturated carbocycles. The van der Waals surface area contributed by atoms with Crippen molar-refractivity contribution in [1.29, 1.82) is 0 Å². The van der Waals surface area contributed by atoms with Crippen molar-refractivity contribution in [2.24, 2.45) is 5.92 Å². The first kappa shape index (κ1) is 15.3. The molecule has 1 spiro atoms. The van der Waals surface area contributed by atoms with Gasteiger partial charge in [-0.15, -0.1) is 0 Å². The normalized spacial score (nSPS) is 32.0. The van der Waals surface area contributed by atoms with E-state index in [-0.39, 0.29) is 17.6 Å². The van der Waals surface area contributed by atoms with E-state index in [1.54, 1.807) is 7.11 Å². The Kier molecular flexibility index (Phi) is 4.82. The molecular formula is C16H27NO4. The molecule has 21 heavy (non-hydrogen) atoms. The largest absolute Gasteiger partial charge is 0.385 e. The predicted octanol–water partition coefficient (Wildman–Crippen LogP) is 1.60. The van der Waals surface area contributed by atoms with Gasteiger partial charge in [-0.3, -0.25) is 4.79 Å². The van der Waals surface area contributed by atoms with Gasteiger partial charge in [-0.1, -0.05) is 0 Å². The number of rotatable bonds is 4. The van der Waals surface area contributed by atoms with Gasteiger partial charge in [0.25, 0.3) is 5.91 Å². The molecule has 120 valence electrons. The van der Waals surface area contributed by atoms with Gasteiger partial charge in [-0.2, -0.15) is 0 Å². The second-order valence-corrected chi connectivity index (χ2v) is 6.67. The lowest BCUT2D eigenvalue weighted by Crippen LogP contribution is -2.49. The van der Waals surface area contributed by atoms with Gasteiger partial charge in [-0.05, 0) is 44.4 Å². The molecule has 0 N–H and O–H groups in total. The highest BCUT2D eigenvalue weighted by Gasteiger charge is 2.44. The van der Waals surface area contributed by atoms with E-state index in [1.165, 1.54) is 0 Å². The molecule has 2 atom stereocenters. The summed E-state index contributed by atoms with van der Waals surface area (Å²) in [5.74, 6) is 0.807. The third-order valence-corrected chi connectivity index (χ3v) is 5.21. The molecule has 0 aromatic rings. The third kappa shape index (κ3) is 3.41. The van der Waals surface area contributed by atoms with Crippen LogP contribution in [0.1, 0.15) is 38.5 Å². The molecule has 0 aliphatic carbocycles. The Morgan fingerprint density at radius 2 is 2.19 bits per heavy atom. The Morgan fingerprint density at radius 3 is 2.86 bits per heavy atom. The fraction of sp³-hybridized carbons (Fsp3) is 0.938. The number of methoxy groups -OCH3 is 1. The highest BCUT2D eigenvalue weighted by molar-refractivity contribution is 5.81. The van der Waals surface area contributed by atoms with Crippen molar-refractivity contribution in [3.63, 3.8) is 0 Å². The molecule has 0 radical (unpaired) electrons. The van der Waals surface area contributed by atoms with Crippen LogP contribution in [0.5, 0.6) is 0 Å². The van der Waals surface area contributed by atoms with Gasteiger partial charge in [0.05, 0.1) is 12.2 Å². The van der Waals surface area contributed by atoms with Crippen molar-refractivity contribution in [2.75, 3.05) is 40.0 Å². The predicted molar refractivity (Wildman–Crippen MR) is 78.1 cm³/mol. The van der Waals surface area contributed by atoms with Gasteiger partial charge in [0.15, 0.2) is 0 Å². The average Bonchev–Trinajstić information content (AvgIpc) is 3.16. The van der Waals surface area contributed by atoms with E-state index in [0.717, 1.165) is 71.4 Å². The number of likely N-dealkylation sites (tertiary alicyclic amines) is 1. The van der Waals surface area contributed by atoms with Crippen LogP contribution in [0.3, 0.4) is 0 Å². The maximum Gasteiger partial charge on any atom is 0.251 e. The molecule has 5 nitrogen and oxygen atoms in total. The second kappa shape index (κ2) is 6.63. The van der Waals surface area contributed by atoms with Crippen LogP contribution in [-0.2, 0) is 19.0 Å². The van der Waals surface area contributed by atoms with E-state index < -0.39 is 0 Å². The summed E-state index contributed by atoms with van der Waals surface area (Å²) in [5, 5.41) is 0. The number of carbonyl (C=O) groups is 1. The second-order valence-electron chi connectivity index (χ2n) is 6.67. The summed E-state index contributed by atoms with van der Waals surface area (Å²) in [5.41, 5.74) is 0.0196. The molecule has 3 aliphatic heterocycles. The number of amides is 1. The zero-order chi connectivity index (χ0) is 14.7. The summed E-state index contributed by atoms with van der Waals surface area (Å²) in [7, 11) is 1.75. The quantitative estimate of drug-likeness (QED) is 0.791. The van der Waals surface area contributed by atoms with Crippen LogP contribution in [0.15, 0.2) is 0 Å². The smallest absolute Gasteiger partial charge is 0.251 e. The Hall–Kier alpha value is -0.650. The summed E-state index contributed by atoms with van der Waals surface area (Å²) >= 11 is 0. The first-order valence-electron chi connectivity index (χ1n) is 8.26. The van der Waals surface area contributed by atoms with E-state index in [4.69, 9.17) is 14.2 Å². The summed E-state index contributed by atoms with van der Waals surface area (Å²) in [6.07, 6.45) is 5.85. The van der Waals surface area contributed by atoms with E-state index in [9.17, 15) is 4.79 Å². The number of hydrogen-bond donors (Lipinski definition) is 0. The molecule has 0 aromatic carbocycles. The minimum atomic E-state index is -0.182. The lowest BCUT2D eigenvalue weighted by molar-refractivity contribution is -0.145. The molecule has 2 unspecified atom stereocenters. The van der Waals surface area contributed by atoms with Crippen LogP contribution in [0.25, 0.3) is 0 Å². The van der Waals surface area contributed by atoms with Gasteiger partial charge in [-0.25, -0.2) is 0 Å². The monoisotopic (exact) mass is 297 g/mol. The SMILES string of the molecule is COCCC1COC2(CCN(C(=O)C3CCCO3)CC2)C1. The maximum atomic E-state index is 12.4. The van der Waals surface area contributed by atoms with Crippen molar-refractivity contribution < 1.29 is 19.0 Å². The zero-order valence-corrected chi connectivity index (χ0v) is 13.0. The van der Waals surface area contributed by atoms with Crippen LogP contribution >= 0.6 is 0 Å². The zero-order valence-electron chi connectivity index (χ0n) is 13.0. The standard InChI is InChI=1S/C16H27NO4/c1-19-10-4-13-11-16(21-12-13)5-7-17(8-6-16)15(18)14-3-2-9-20-14/h13-14H,2-12H2,1H3. The van der Waals surface area contributed by atoms with Crippen molar-refractivity contribution in [3.05, 3.63) is 0 Å². The minimum absolute atomic E-state index is 0.0196. The van der Waals surface area contributed by atoms with E-state index in [0.29, 0.717) is 5.92 Å². The van der Waals surface area contributed by atoms with Crippen LogP contribution < -0.4 is 0 Å². The summed E-state index contributed by atoms with van der Waals surface area (Å²) < 4.78 is 16.8. The number of hydrogen-bond acceptors (Lipinski definition) is 4. The minimum Gasteiger partial charge on any atom is -0.385 e. The van der Waals surface area contributed by atoms with Crippen LogP contribution in [0.2, 0.25) is 0 Å². The Balaban J connectivity index is 1.47. The molecule has 3 heterocycles. The molecule has 0 bridgehead atoms. The number of carbonyl (C=O) groups excluding carboxylic acids is 1. The summed E-state index contributed by atoms with van der Waals surface area (Å²) in [4.78, 5) is 14.3. The van der Waals surface area contributed by atoms with Crippen LogP contribution in [-0.4, -0.2) is 62.5 Å². The van der Waals surface area contributed by atoms with Gasteiger partial charge < -0.3 is 19.1 Å². The third-order valence-electron chi connectivity index (χ3n) is 5.21. The molecule has 3 aliphatic rings. The molecule has 0 aromatic heterocycles. The lowest BCUT2D eigenvalue weighted by Gasteiger charge is -2.39. The topological polar surface area (TPSA) is 48.0 Å². The number of ether oxygens (including phenoxy) is 3. The first-order valence-corrected chi connectivity index (χ1v) is 8.26. The fourth-order valence-electron chi connectivity index (χ4n) is 3.87. The number of nitrogens with zero attached hydrogens (tertiary/aromatic N) is 1. The summed E-state index contributed by atoms with van der Waals surface area (Å²) in [6.45, 7) is 4.03. The maximum absolute atomic E-state index is 12.4. The summed E-state index contributed by atoms with van der Waals surface area (Å²) in [6, 6.07) is 0. The van der Waals surface area contributed by atoms with Gasteiger partial charge in [0.2, 0.25) is 0 Å². The van der Waals surface area contributed by atoms with Gasteiger partial charge in [0.1, 0.15) is 6.10 Å². The molecule has 3 rings (SSSR count). The highest BCUT2D eigenvalue weighted by Crippen LogP contribution is 2.40. The van der Waals surface area contributed by atoms with Crippen LogP contribution in [0.4, 0.5) is 0 Å². The number of piperidine rings is 1. The van der Waals surface area contributed by atoms with Gasteiger partial charge in [0, 0.05) is 33.4 Å². The van der Waals surface area contributed by atoms with E-state index in [1.807, 2.05) is 4.90 Å². The lowest BCUT2D eigenvalue weighted by atomic mass is 9.84. The van der Waals surface area contributed by atoms with Crippen molar-refractivity contribution >= 4 is 5.91 Å². The molecular weight excluding hydrogens is 270 g/mol. The fourth-order valence-corrected chi connectivity index (χ4v) is 3.87. The van der Waals surface area contributed by atoms with Gasteiger partial charge >= 0.3 is 0 Å². The Labute approximate surface area is 126 Å². The molecule has 5 heteroatoms. The first-order chi connectivity index (χ1) is 10.2. The Bertz CT molecular complexity index is 359. The van der Waals surface area contributed by atoms with Crippen molar-refractivity contribution in [2.45, 2.75) is 50.2 Å². The van der Waals surface area contributed by atoms with E-state index in [2.05, 4.69) is 0 Å². The highest BCUT2D eigenvalue weighted by atomic mass is 16.5. The molecule has 3 saturated heterocycles. The van der Waals surface area contributed by atoms with Crippen molar-refractivity contribution in [3.8, 4) is 0 Å². The Morgan fingerprint density at radius 1 is 1.38 bits per heavy atom. The van der Waals surface area contributed by atoms with Crippen molar-refractivity contribution in [1.82, 2.24) is 4.90 Å². The van der Waals surface area contributed by atoms with E-state index >= 15 is 0 Å². The average molecular weight is 297 g/mol. The molecule has 1 amide bonds.